The number of rotatable bonds is 13. The zero-order valence-corrected chi connectivity index (χ0v) is 24.8. The van der Waals surface area contributed by atoms with Crippen molar-refractivity contribution in [1.29, 1.82) is 0 Å². The second-order valence-corrected chi connectivity index (χ2v) is 11.2. The summed E-state index contributed by atoms with van der Waals surface area (Å²) in [5.74, 6) is -1.80. The highest BCUT2D eigenvalue weighted by molar-refractivity contribution is 9.10. The molecule has 3 atom stereocenters. The van der Waals surface area contributed by atoms with E-state index in [1.54, 1.807) is 0 Å². The zero-order chi connectivity index (χ0) is 29.2. The summed E-state index contributed by atoms with van der Waals surface area (Å²) in [6.07, 6.45) is 0.717. The van der Waals surface area contributed by atoms with Gasteiger partial charge in [0.25, 0.3) is 5.91 Å². The highest BCUT2D eigenvalue weighted by Gasteiger charge is 2.31. The molecule has 1 aliphatic rings. The molecule has 1 fully saturated rings. The van der Waals surface area contributed by atoms with E-state index < -0.39 is 30.1 Å². The van der Waals surface area contributed by atoms with Crippen molar-refractivity contribution in [1.82, 2.24) is 10.4 Å². The lowest BCUT2D eigenvalue weighted by atomic mass is 10.0. The third kappa shape index (κ3) is 9.02. The number of nitrogens with two attached hydrogens (primary N) is 1. The zero-order valence-electron chi connectivity index (χ0n) is 23.2. The molecule has 1 amide bonds. The Balaban J connectivity index is 1.70. The van der Waals surface area contributed by atoms with Crippen LogP contribution in [0, 0.1) is 5.92 Å². The fourth-order valence-corrected chi connectivity index (χ4v) is 5.31. The van der Waals surface area contributed by atoms with Crippen molar-refractivity contribution < 1.29 is 29.0 Å². The van der Waals surface area contributed by atoms with Crippen LogP contribution < -0.4 is 16.1 Å². The molecule has 0 radical (unpaired) electrons. The van der Waals surface area contributed by atoms with Crippen molar-refractivity contribution in [3.8, 4) is 0 Å². The van der Waals surface area contributed by atoms with E-state index >= 15 is 0 Å². The van der Waals surface area contributed by atoms with Gasteiger partial charge in [0.05, 0.1) is 19.8 Å². The van der Waals surface area contributed by atoms with Crippen molar-refractivity contribution >= 4 is 39.5 Å². The maximum atomic E-state index is 13.1. The number of esters is 1. The van der Waals surface area contributed by atoms with E-state index in [4.69, 9.17) is 15.2 Å². The Hall–Kier alpha value is -2.99. The maximum Gasteiger partial charge on any atom is 0.333 e. The molecule has 10 nitrogen and oxygen atoms in total. The summed E-state index contributed by atoms with van der Waals surface area (Å²) in [5, 5.41) is 10.9. The number of amides is 1. The highest BCUT2D eigenvalue weighted by atomic mass is 79.9. The lowest BCUT2D eigenvalue weighted by Gasteiger charge is -2.34. The summed E-state index contributed by atoms with van der Waals surface area (Å²) in [5.41, 5.74) is 12.1. The minimum atomic E-state index is -0.968. The van der Waals surface area contributed by atoms with Gasteiger partial charge in [0.15, 0.2) is 6.10 Å². The van der Waals surface area contributed by atoms with Gasteiger partial charge >= 0.3 is 11.9 Å². The fourth-order valence-electron chi connectivity index (χ4n) is 4.72. The van der Waals surface area contributed by atoms with E-state index in [9.17, 15) is 19.5 Å². The lowest BCUT2D eigenvalue weighted by Crippen LogP contribution is -2.59. The molecular weight excluding hydrogens is 580 g/mol. The predicted octanol–water partition coefficient (Wildman–Crippen LogP) is 3.12. The first-order valence-electron chi connectivity index (χ1n) is 13.4. The van der Waals surface area contributed by atoms with E-state index in [0.717, 1.165) is 21.3 Å². The van der Waals surface area contributed by atoms with Gasteiger partial charge in [-0.25, -0.2) is 10.2 Å². The van der Waals surface area contributed by atoms with Gasteiger partial charge in [-0.1, -0.05) is 54.0 Å². The number of aliphatic carboxylic acids is 1. The summed E-state index contributed by atoms with van der Waals surface area (Å²) in [4.78, 5) is 38.7. The van der Waals surface area contributed by atoms with Gasteiger partial charge in [0.2, 0.25) is 0 Å². The van der Waals surface area contributed by atoms with Gasteiger partial charge in [-0.3, -0.25) is 14.6 Å². The molecule has 4 N–H and O–H groups in total. The van der Waals surface area contributed by atoms with E-state index in [0.29, 0.717) is 38.9 Å². The van der Waals surface area contributed by atoms with Crippen LogP contribution in [0.2, 0.25) is 0 Å². The third-order valence-electron chi connectivity index (χ3n) is 6.73. The van der Waals surface area contributed by atoms with Crippen LogP contribution >= 0.6 is 15.9 Å². The maximum absolute atomic E-state index is 13.1. The number of anilines is 1. The Kier molecular flexibility index (Phi) is 11.9. The lowest BCUT2D eigenvalue weighted by molar-refractivity contribution is -0.153. The molecule has 0 unspecified atom stereocenters. The van der Waals surface area contributed by atoms with Gasteiger partial charge in [-0.05, 0) is 60.6 Å². The second-order valence-electron chi connectivity index (χ2n) is 10.2. The highest BCUT2D eigenvalue weighted by Crippen LogP contribution is 2.22. The first-order chi connectivity index (χ1) is 19.1. The molecule has 3 rings (SSSR count). The Morgan fingerprint density at radius 1 is 1.18 bits per heavy atom. The molecule has 0 aromatic heterocycles. The van der Waals surface area contributed by atoms with Crippen LogP contribution in [0.5, 0.6) is 0 Å². The summed E-state index contributed by atoms with van der Waals surface area (Å²) in [7, 11) is 1.33. The Morgan fingerprint density at radius 3 is 2.52 bits per heavy atom. The molecule has 40 heavy (non-hydrogen) atoms. The molecule has 2 aromatic carbocycles. The molecule has 0 saturated carbocycles. The third-order valence-corrected chi connectivity index (χ3v) is 7.19. The number of halogens is 1. The van der Waals surface area contributed by atoms with Gasteiger partial charge in [0, 0.05) is 29.8 Å². The van der Waals surface area contributed by atoms with E-state index in [1.807, 2.05) is 62.4 Å². The number of nitrogens with one attached hydrogen (secondary N) is 1. The molecular formula is C29H39BrN4O6. The topological polar surface area (TPSA) is 134 Å². The van der Waals surface area contributed by atoms with Gasteiger partial charge < -0.3 is 25.2 Å². The predicted molar refractivity (Wildman–Crippen MR) is 155 cm³/mol. The Morgan fingerprint density at radius 2 is 1.88 bits per heavy atom. The van der Waals surface area contributed by atoms with Crippen LogP contribution in [0.25, 0.3) is 0 Å². The number of methoxy groups -OCH3 is 1. The number of nitrogens with zero attached hydrogens (tertiary/aromatic N) is 2. The summed E-state index contributed by atoms with van der Waals surface area (Å²) in [6.45, 7) is 5.40. The SMILES string of the molecule is COC(=O)[C@@H]1CCCN(C(=O)[C@@H](N)Cc2cc(Br)cc(CN(CCO[C@H](C(=O)O)C(C)C)c3ccccc3)c2)N1. The number of para-hydroxylation sites is 1. The number of carbonyl (C=O) groups excluding carboxylic acids is 2. The molecule has 0 aliphatic carbocycles. The van der Waals surface area contributed by atoms with Crippen LogP contribution in [0.3, 0.4) is 0 Å². The largest absolute Gasteiger partial charge is 0.479 e. The summed E-state index contributed by atoms with van der Waals surface area (Å²) >= 11 is 3.59. The van der Waals surface area contributed by atoms with E-state index in [-0.39, 0.29) is 18.4 Å². The first-order valence-corrected chi connectivity index (χ1v) is 14.2. The molecule has 1 heterocycles. The normalized spacial score (nSPS) is 16.9. The number of hydrazine groups is 1. The fraction of sp³-hybridized carbons (Fsp3) is 0.483. The number of benzene rings is 2. The molecule has 218 valence electrons. The average Bonchev–Trinajstić information content (AvgIpc) is 2.93. The van der Waals surface area contributed by atoms with Crippen LogP contribution in [0.1, 0.15) is 37.8 Å². The number of ether oxygens (including phenoxy) is 2. The minimum absolute atomic E-state index is 0.145. The number of carboxylic acids is 1. The number of hydrogen-bond acceptors (Lipinski definition) is 8. The number of hydrogen-bond donors (Lipinski definition) is 3. The first kappa shape index (κ1) is 31.5. The molecule has 1 aliphatic heterocycles. The molecule has 11 heteroatoms. The summed E-state index contributed by atoms with van der Waals surface area (Å²) in [6, 6.07) is 14.4. The van der Waals surface area contributed by atoms with Crippen molar-refractivity contribution in [2.24, 2.45) is 11.7 Å². The van der Waals surface area contributed by atoms with Crippen LogP contribution in [0.15, 0.2) is 53.0 Å². The van der Waals surface area contributed by atoms with Crippen molar-refractivity contribution in [2.75, 3.05) is 31.7 Å². The minimum Gasteiger partial charge on any atom is -0.479 e. The monoisotopic (exact) mass is 618 g/mol. The van der Waals surface area contributed by atoms with Gasteiger partial charge in [-0.2, -0.15) is 0 Å². The summed E-state index contributed by atoms with van der Waals surface area (Å²) < 4.78 is 11.4. The number of carboxylic acid groups (broad SMARTS) is 1. The standard InChI is InChI=1S/C29H39BrN4O6/c1-19(2)26(28(36)37)40-13-12-33(23-8-5-4-6-9-23)18-21-14-20(15-22(30)16-21)17-24(31)27(35)34-11-7-10-25(32-34)29(38)39-3/h4-6,8-9,14-16,19,24-26,32H,7,10-13,17-18,31H2,1-3H3,(H,36,37)/t24-,25-,26-/m0/s1. The van der Waals surface area contributed by atoms with E-state index in [1.165, 1.54) is 12.1 Å². The average molecular weight is 620 g/mol. The smallest absolute Gasteiger partial charge is 0.333 e. The van der Waals surface area contributed by atoms with E-state index in [2.05, 4.69) is 26.3 Å². The van der Waals surface area contributed by atoms with Crippen LogP contribution in [0.4, 0.5) is 5.69 Å². The van der Waals surface area contributed by atoms with Crippen molar-refractivity contribution in [3.63, 3.8) is 0 Å². The van der Waals surface area contributed by atoms with Crippen LogP contribution in [-0.2, 0) is 36.8 Å². The quantitative estimate of drug-likeness (QED) is 0.289. The van der Waals surface area contributed by atoms with Gasteiger partial charge in [-0.15, -0.1) is 0 Å². The molecule has 0 bridgehead atoms. The molecule has 2 aromatic rings. The Bertz CT molecular complexity index is 1150. The Labute approximate surface area is 243 Å². The van der Waals surface area contributed by atoms with Crippen molar-refractivity contribution in [2.45, 2.75) is 57.8 Å². The molecule has 1 saturated heterocycles. The van der Waals surface area contributed by atoms with Crippen molar-refractivity contribution in [3.05, 3.63) is 64.1 Å². The number of carbonyl (C=O) groups is 3. The second kappa shape index (κ2) is 15.1. The molecule has 0 spiro atoms. The van der Waals surface area contributed by atoms with Gasteiger partial charge in [0.1, 0.15) is 6.04 Å². The van der Waals surface area contributed by atoms with Crippen LogP contribution in [-0.4, -0.2) is 73.0 Å².